The summed E-state index contributed by atoms with van der Waals surface area (Å²) in [4.78, 5) is 27.6. The zero-order valence-electron chi connectivity index (χ0n) is 18.5. The van der Waals surface area contributed by atoms with Crippen LogP contribution in [0.4, 0.5) is 5.69 Å². The highest BCUT2D eigenvalue weighted by atomic mass is 35.5. The van der Waals surface area contributed by atoms with Gasteiger partial charge in [-0.2, -0.15) is 0 Å². The molecule has 0 heterocycles. The second-order valence-electron chi connectivity index (χ2n) is 7.26. The number of anilines is 1. The minimum Gasteiger partial charge on any atom is -0.355 e. The number of likely N-dealkylation sites (N-methyl/N-ethyl adjacent to an activating group) is 1. The van der Waals surface area contributed by atoms with Gasteiger partial charge in [0.1, 0.15) is 12.6 Å². The molecule has 0 saturated heterocycles. The highest BCUT2D eigenvalue weighted by Gasteiger charge is 2.32. The third-order valence-corrected chi connectivity index (χ3v) is 7.08. The average molecular weight is 535 g/mol. The maximum Gasteiger partial charge on any atom is 0.244 e. The van der Waals surface area contributed by atoms with Gasteiger partial charge in [0.2, 0.25) is 21.8 Å². The number of hydrogen-bond donors (Lipinski definition) is 1. The molecule has 2 amide bonds. The monoisotopic (exact) mass is 533 g/mol. The molecule has 0 fully saturated rings. The van der Waals surface area contributed by atoms with Crippen molar-refractivity contribution in [3.8, 4) is 0 Å². The van der Waals surface area contributed by atoms with Crippen LogP contribution in [0, 0.1) is 0 Å². The molecule has 11 heteroatoms. The summed E-state index contributed by atoms with van der Waals surface area (Å²) < 4.78 is 26.0. The van der Waals surface area contributed by atoms with Crippen molar-refractivity contribution in [2.24, 2.45) is 0 Å². The minimum atomic E-state index is -3.87. The van der Waals surface area contributed by atoms with Crippen molar-refractivity contribution >= 4 is 62.3 Å². The van der Waals surface area contributed by atoms with Gasteiger partial charge in [0.15, 0.2) is 0 Å². The number of nitrogens with one attached hydrogen (secondary N) is 1. The van der Waals surface area contributed by atoms with Crippen molar-refractivity contribution in [3.05, 3.63) is 63.1 Å². The van der Waals surface area contributed by atoms with Gasteiger partial charge in [-0.05, 0) is 37.6 Å². The van der Waals surface area contributed by atoms with Crippen molar-refractivity contribution in [1.82, 2.24) is 10.2 Å². The molecule has 1 atom stereocenters. The van der Waals surface area contributed by atoms with E-state index < -0.39 is 28.5 Å². The van der Waals surface area contributed by atoms with E-state index in [4.69, 9.17) is 34.8 Å². The Morgan fingerprint density at radius 1 is 0.970 bits per heavy atom. The fourth-order valence-electron chi connectivity index (χ4n) is 3.31. The van der Waals surface area contributed by atoms with Gasteiger partial charge < -0.3 is 10.2 Å². The summed E-state index contributed by atoms with van der Waals surface area (Å²) in [6.45, 7) is 3.27. The van der Waals surface area contributed by atoms with Crippen LogP contribution < -0.4 is 9.62 Å². The van der Waals surface area contributed by atoms with Crippen LogP contribution in [0.1, 0.15) is 25.8 Å². The Morgan fingerprint density at radius 3 is 2.06 bits per heavy atom. The molecule has 33 heavy (non-hydrogen) atoms. The molecule has 0 aromatic heterocycles. The molecule has 2 rings (SSSR count). The molecule has 2 aromatic carbocycles. The molecule has 0 aliphatic rings. The molecule has 7 nitrogen and oxygen atoms in total. The maximum absolute atomic E-state index is 13.5. The molecule has 0 bridgehead atoms. The zero-order valence-corrected chi connectivity index (χ0v) is 21.6. The van der Waals surface area contributed by atoms with Gasteiger partial charge in [-0.3, -0.25) is 13.9 Å². The van der Waals surface area contributed by atoms with Gasteiger partial charge >= 0.3 is 0 Å². The first kappa shape index (κ1) is 27.2. The van der Waals surface area contributed by atoms with Gasteiger partial charge in [0.25, 0.3) is 0 Å². The van der Waals surface area contributed by atoms with Crippen molar-refractivity contribution in [2.75, 3.05) is 23.7 Å². The number of carbonyl (C=O) groups excluding carboxylic acids is 2. The van der Waals surface area contributed by atoms with Crippen LogP contribution in [0.2, 0.25) is 15.1 Å². The quantitative estimate of drug-likeness (QED) is 0.491. The Balaban J connectivity index is 2.51. The Kier molecular flexibility index (Phi) is 9.84. The van der Waals surface area contributed by atoms with Crippen LogP contribution in [0.25, 0.3) is 0 Å². The number of benzene rings is 2. The maximum atomic E-state index is 13.5. The number of sulfonamides is 1. The predicted molar refractivity (Wildman–Crippen MR) is 133 cm³/mol. The van der Waals surface area contributed by atoms with Crippen LogP contribution in [0.5, 0.6) is 0 Å². The second-order valence-corrected chi connectivity index (χ2v) is 10.4. The van der Waals surface area contributed by atoms with Gasteiger partial charge in [0.05, 0.1) is 17.0 Å². The smallest absolute Gasteiger partial charge is 0.244 e. The molecule has 0 aliphatic heterocycles. The fourth-order valence-corrected chi connectivity index (χ4v) is 4.98. The SMILES string of the molecule is CCNC(=O)[C@H](CC)N(Cc1c(Cl)cccc1Cl)C(=O)CN(c1ccccc1Cl)S(C)(=O)=O. The first-order valence-corrected chi connectivity index (χ1v) is 13.2. The van der Waals surface area contributed by atoms with Crippen LogP contribution in [0.15, 0.2) is 42.5 Å². The van der Waals surface area contributed by atoms with E-state index in [2.05, 4.69) is 5.32 Å². The molecule has 0 spiro atoms. The van der Waals surface area contributed by atoms with Crippen LogP contribution >= 0.6 is 34.8 Å². The average Bonchev–Trinajstić information content (AvgIpc) is 2.74. The lowest BCUT2D eigenvalue weighted by Crippen LogP contribution is -2.52. The predicted octanol–water partition coefficient (Wildman–Crippen LogP) is 4.36. The molecular weight excluding hydrogens is 509 g/mol. The molecule has 180 valence electrons. The molecule has 0 saturated carbocycles. The third kappa shape index (κ3) is 6.99. The van der Waals surface area contributed by atoms with E-state index in [9.17, 15) is 18.0 Å². The van der Waals surface area contributed by atoms with Crippen molar-refractivity contribution < 1.29 is 18.0 Å². The number of carbonyl (C=O) groups is 2. The topological polar surface area (TPSA) is 86.8 Å². The van der Waals surface area contributed by atoms with E-state index >= 15 is 0 Å². The van der Waals surface area contributed by atoms with Crippen LogP contribution in [-0.4, -0.2) is 50.5 Å². The highest BCUT2D eigenvalue weighted by molar-refractivity contribution is 7.92. The van der Waals surface area contributed by atoms with E-state index in [1.165, 1.54) is 17.0 Å². The van der Waals surface area contributed by atoms with Gasteiger partial charge in [-0.1, -0.05) is 59.9 Å². The second kappa shape index (κ2) is 11.9. The summed E-state index contributed by atoms with van der Waals surface area (Å²) >= 11 is 18.8. The summed E-state index contributed by atoms with van der Waals surface area (Å²) in [5.41, 5.74) is 0.623. The minimum absolute atomic E-state index is 0.0763. The molecule has 0 radical (unpaired) electrons. The standard InChI is InChI=1S/C22H26Cl3N3O4S/c1-4-19(22(30)26-5-2)27(13-15-16(23)10-8-11-17(15)24)21(29)14-28(33(3,31)32)20-12-7-6-9-18(20)25/h6-12,19H,4-5,13-14H2,1-3H3,(H,26,30)/t19-/m0/s1. The van der Waals surface area contributed by atoms with E-state index in [1.807, 2.05) is 0 Å². The molecule has 1 N–H and O–H groups in total. The number of para-hydroxylation sites is 1. The number of rotatable bonds is 10. The van der Waals surface area contributed by atoms with E-state index in [0.29, 0.717) is 28.6 Å². The number of amides is 2. The van der Waals surface area contributed by atoms with Crippen molar-refractivity contribution in [3.63, 3.8) is 0 Å². The Morgan fingerprint density at radius 2 is 1.55 bits per heavy atom. The highest BCUT2D eigenvalue weighted by Crippen LogP contribution is 2.29. The third-order valence-electron chi connectivity index (χ3n) is 4.93. The Hall–Kier alpha value is -2.00. The lowest BCUT2D eigenvalue weighted by atomic mass is 10.1. The van der Waals surface area contributed by atoms with Crippen molar-refractivity contribution in [1.29, 1.82) is 0 Å². The Labute approximate surface area is 209 Å². The van der Waals surface area contributed by atoms with Crippen LogP contribution in [0.3, 0.4) is 0 Å². The molecule has 2 aromatic rings. The lowest BCUT2D eigenvalue weighted by molar-refractivity contribution is -0.140. The summed E-state index contributed by atoms with van der Waals surface area (Å²) in [5.74, 6) is -0.963. The first-order valence-electron chi connectivity index (χ1n) is 10.2. The summed E-state index contributed by atoms with van der Waals surface area (Å²) in [6.07, 6.45) is 1.28. The van der Waals surface area contributed by atoms with Gasteiger partial charge in [-0.25, -0.2) is 8.42 Å². The van der Waals surface area contributed by atoms with Gasteiger partial charge in [0, 0.05) is 28.7 Å². The number of halogens is 3. The van der Waals surface area contributed by atoms with Crippen LogP contribution in [-0.2, 0) is 26.2 Å². The summed E-state index contributed by atoms with van der Waals surface area (Å²) in [7, 11) is -3.87. The van der Waals surface area contributed by atoms with E-state index in [1.54, 1.807) is 44.2 Å². The van der Waals surface area contributed by atoms with E-state index in [-0.39, 0.29) is 23.2 Å². The molecule has 0 unspecified atom stereocenters. The van der Waals surface area contributed by atoms with Gasteiger partial charge in [-0.15, -0.1) is 0 Å². The zero-order chi connectivity index (χ0) is 24.8. The number of nitrogens with zero attached hydrogens (tertiary/aromatic N) is 2. The largest absolute Gasteiger partial charge is 0.355 e. The molecular formula is C22H26Cl3N3O4S. The first-order chi connectivity index (χ1) is 15.5. The normalized spacial score (nSPS) is 12.2. The van der Waals surface area contributed by atoms with Crippen molar-refractivity contribution in [2.45, 2.75) is 32.9 Å². The molecule has 0 aliphatic carbocycles. The number of hydrogen-bond acceptors (Lipinski definition) is 4. The summed E-state index contributed by atoms with van der Waals surface area (Å²) in [5, 5.41) is 3.55. The summed E-state index contributed by atoms with van der Waals surface area (Å²) in [6, 6.07) is 10.4. The fraction of sp³-hybridized carbons (Fsp3) is 0.364. The Bertz CT molecular complexity index is 1090. The lowest BCUT2D eigenvalue weighted by Gasteiger charge is -2.33. The van der Waals surface area contributed by atoms with E-state index in [0.717, 1.165) is 10.6 Å².